The number of nitrogens with zero attached hydrogens (tertiary/aromatic N) is 3. The SMILES string of the molecule is C1=CC(c2cc(-c3cc(-c4ccccc4)nc(-c4cccc(C5C=C(c6cc(-c7ccccc7)nc(-c7ccccc7)c6)C=C(c6ccccc6)P5)c4)c3)cc(-c3ccccc3)n2)=CCC1. The fourth-order valence-electron chi connectivity index (χ4n) is 8.89. The van der Waals surface area contributed by atoms with Gasteiger partial charge < -0.3 is 0 Å². The van der Waals surface area contributed by atoms with Crippen molar-refractivity contribution in [2.75, 3.05) is 0 Å². The van der Waals surface area contributed by atoms with Crippen molar-refractivity contribution < 1.29 is 0 Å². The molecule has 0 amide bonds. The van der Waals surface area contributed by atoms with Gasteiger partial charge in [-0.2, -0.15) is 0 Å². The van der Waals surface area contributed by atoms with Crippen molar-refractivity contribution in [3.8, 4) is 67.4 Å². The van der Waals surface area contributed by atoms with Gasteiger partial charge >= 0.3 is 0 Å². The Morgan fingerprint density at radius 2 is 0.773 bits per heavy atom. The van der Waals surface area contributed by atoms with Crippen LogP contribution in [0, 0.1) is 0 Å². The number of benzene rings is 6. The van der Waals surface area contributed by atoms with Gasteiger partial charge in [0.15, 0.2) is 0 Å². The molecule has 66 heavy (non-hydrogen) atoms. The lowest BCUT2D eigenvalue weighted by atomic mass is 9.95. The Kier molecular flexibility index (Phi) is 11.6. The van der Waals surface area contributed by atoms with Crippen LogP contribution in [0.5, 0.6) is 0 Å². The number of hydrogen-bond donors (Lipinski definition) is 0. The van der Waals surface area contributed by atoms with E-state index in [9.17, 15) is 0 Å². The van der Waals surface area contributed by atoms with Crippen LogP contribution >= 0.6 is 8.58 Å². The number of aromatic nitrogens is 3. The molecule has 11 rings (SSSR count). The lowest BCUT2D eigenvalue weighted by Crippen LogP contribution is -1.99. The van der Waals surface area contributed by atoms with Crippen LogP contribution < -0.4 is 0 Å². The summed E-state index contributed by atoms with van der Waals surface area (Å²) in [4.78, 5) is 15.8. The smallest absolute Gasteiger partial charge is 0.0715 e. The maximum atomic E-state index is 5.41. The van der Waals surface area contributed by atoms with E-state index in [1.54, 1.807) is 0 Å². The average molecular weight is 864 g/mol. The van der Waals surface area contributed by atoms with E-state index in [0.717, 1.165) is 97.1 Å². The first-order chi connectivity index (χ1) is 32.7. The molecular formula is C62H46N3P. The van der Waals surface area contributed by atoms with Crippen LogP contribution in [0.4, 0.5) is 0 Å². The van der Waals surface area contributed by atoms with E-state index < -0.39 is 0 Å². The summed E-state index contributed by atoms with van der Waals surface area (Å²) < 4.78 is 0. The molecule has 2 unspecified atom stereocenters. The zero-order chi connectivity index (χ0) is 44.1. The number of rotatable bonds is 10. The van der Waals surface area contributed by atoms with Crippen LogP contribution in [-0.4, -0.2) is 15.0 Å². The molecule has 4 heterocycles. The summed E-state index contributed by atoms with van der Waals surface area (Å²) in [5, 5.41) is 1.33. The zero-order valence-corrected chi connectivity index (χ0v) is 37.4. The second-order valence-corrected chi connectivity index (χ2v) is 18.2. The Morgan fingerprint density at radius 1 is 0.348 bits per heavy atom. The molecule has 314 valence electrons. The van der Waals surface area contributed by atoms with Gasteiger partial charge in [0, 0.05) is 33.5 Å². The van der Waals surface area contributed by atoms with Gasteiger partial charge in [0.25, 0.3) is 0 Å². The van der Waals surface area contributed by atoms with E-state index in [1.807, 2.05) is 0 Å². The van der Waals surface area contributed by atoms with Crippen LogP contribution in [0.3, 0.4) is 0 Å². The highest BCUT2D eigenvalue weighted by atomic mass is 31.1. The Morgan fingerprint density at radius 3 is 1.26 bits per heavy atom. The topological polar surface area (TPSA) is 38.7 Å². The Bertz CT molecular complexity index is 3240. The maximum absolute atomic E-state index is 5.41. The van der Waals surface area contributed by atoms with Gasteiger partial charge in [-0.05, 0) is 106 Å². The van der Waals surface area contributed by atoms with Crippen LogP contribution in [-0.2, 0) is 0 Å². The first-order valence-electron chi connectivity index (χ1n) is 22.7. The van der Waals surface area contributed by atoms with Crippen LogP contribution in [0.1, 0.15) is 40.9 Å². The molecule has 0 fully saturated rings. The molecule has 0 bridgehead atoms. The Balaban J connectivity index is 1.04. The van der Waals surface area contributed by atoms with Crippen molar-refractivity contribution in [3.05, 3.63) is 265 Å². The van der Waals surface area contributed by atoms with Crippen LogP contribution in [0.2, 0.25) is 0 Å². The summed E-state index contributed by atoms with van der Waals surface area (Å²) >= 11 is 0. The van der Waals surface area contributed by atoms with Gasteiger partial charge in [-0.1, -0.05) is 203 Å². The van der Waals surface area contributed by atoms with E-state index in [-0.39, 0.29) is 5.66 Å². The van der Waals surface area contributed by atoms with Gasteiger partial charge in [0.1, 0.15) is 0 Å². The fraction of sp³-hybridized carbons (Fsp3) is 0.0484. The minimum atomic E-state index is 0.137. The molecule has 0 saturated carbocycles. The van der Waals surface area contributed by atoms with Crippen molar-refractivity contribution in [2.45, 2.75) is 18.5 Å². The molecular weight excluding hydrogens is 818 g/mol. The third kappa shape index (κ3) is 8.95. The predicted octanol–water partition coefficient (Wildman–Crippen LogP) is 16.5. The average Bonchev–Trinajstić information content (AvgIpc) is 3.42. The highest BCUT2D eigenvalue weighted by Gasteiger charge is 2.22. The molecule has 9 aromatic rings. The molecule has 0 spiro atoms. The third-order valence-electron chi connectivity index (χ3n) is 12.3. The van der Waals surface area contributed by atoms with Gasteiger partial charge in [-0.25, -0.2) is 15.0 Å². The van der Waals surface area contributed by atoms with E-state index in [0.29, 0.717) is 8.58 Å². The highest BCUT2D eigenvalue weighted by molar-refractivity contribution is 7.51. The van der Waals surface area contributed by atoms with E-state index in [1.165, 1.54) is 22.0 Å². The van der Waals surface area contributed by atoms with Gasteiger partial charge in [-0.15, -0.1) is 0 Å². The third-order valence-corrected chi connectivity index (χ3v) is 13.9. The van der Waals surface area contributed by atoms with Crippen molar-refractivity contribution in [2.24, 2.45) is 0 Å². The van der Waals surface area contributed by atoms with Crippen LogP contribution in [0.15, 0.2) is 243 Å². The van der Waals surface area contributed by atoms with Crippen molar-refractivity contribution in [3.63, 3.8) is 0 Å². The molecule has 0 saturated heterocycles. The fourth-order valence-corrected chi connectivity index (χ4v) is 10.4. The molecule has 1 aliphatic carbocycles. The predicted molar refractivity (Wildman–Crippen MR) is 279 cm³/mol. The highest BCUT2D eigenvalue weighted by Crippen LogP contribution is 2.52. The van der Waals surface area contributed by atoms with Gasteiger partial charge in [0.2, 0.25) is 0 Å². The summed E-state index contributed by atoms with van der Waals surface area (Å²) in [6, 6.07) is 75.5. The number of pyridine rings is 3. The monoisotopic (exact) mass is 863 g/mol. The normalized spacial score (nSPS) is 14.9. The van der Waals surface area contributed by atoms with Crippen molar-refractivity contribution in [1.82, 2.24) is 15.0 Å². The molecule has 1 aliphatic heterocycles. The van der Waals surface area contributed by atoms with Gasteiger partial charge in [0.05, 0.1) is 34.2 Å². The molecule has 4 heteroatoms. The standard InChI is InChI=1S/C62H46N3P/c1-7-20-43(21-8-1)55-35-51(36-56(63-55)44-22-9-2-10-23-44)52-37-59(47-28-15-5-16-29-47)65-60(40-52)49-32-19-33-50(34-49)62-42-54(41-61(66-62)48-30-17-6-18-31-48)53-38-57(45-24-11-3-12-25-45)64-58(39-53)46-26-13-4-14-27-46/h1,3-9,11-42,62,66H,2,10H2. The van der Waals surface area contributed by atoms with Crippen molar-refractivity contribution >= 4 is 25.0 Å². The summed E-state index contributed by atoms with van der Waals surface area (Å²) in [7, 11) is 0.530. The van der Waals surface area contributed by atoms with Gasteiger partial charge in [-0.3, -0.25) is 0 Å². The van der Waals surface area contributed by atoms with E-state index >= 15 is 0 Å². The summed E-state index contributed by atoms with van der Waals surface area (Å²) in [6.45, 7) is 0. The number of allylic oxidation sites excluding steroid dienone is 7. The zero-order valence-electron chi connectivity index (χ0n) is 36.4. The summed E-state index contributed by atoms with van der Waals surface area (Å²) in [5.74, 6) is 0. The molecule has 2 atom stereocenters. The Labute approximate surface area is 389 Å². The molecule has 3 nitrogen and oxygen atoms in total. The lowest BCUT2D eigenvalue weighted by molar-refractivity contribution is 1.04. The largest absolute Gasteiger partial charge is 0.248 e. The second kappa shape index (κ2) is 18.7. The molecule has 6 aromatic carbocycles. The first-order valence-corrected chi connectivity index (χ1v) is 23.8. The molecule has 3 aromatic heterocycles. The summed E-state index contributed by atoms with van der Waals surface area (Å²) in [6.07, 6.45) is 13.7. The minimum Gasteiger partial charge on any atom is -0.248 e. The second-order valence-electron chi connectivity index (χ2n) is 16.8. The lowest BCUT2D eigenvalue weighted by Gasteiger charge is -2.24. The van der Waals surface area contributed by atoms with Crippen molar-refractivity contribution in [1.29, 1.82) is 0 Å². The van der Waals surface area contributed by atoms with E-state index in [4.69, 9.17) is 15.0 Å². The Hall–Kier alpha value is -7.84. The van der Waals surface area contributed by atoms with Crippen LogP contribution in [0.25, 0.3) is 83.9 Å². The molecule has 0 radical (unpaired) electrons. The minimum absolute atomic E-state index is 0.137. The first kappa shape index (κ1) is 40.9. The molecule has 2 aliphatic rings. The summed E-state index contributed by atoms with van der Waals surface area (Å²) in [5.41, 5.74) is 19.5. The number of hydrogen-bond acceptors (Lipinski definition) is 3. The van der Waals surface area contributed by atoms with E-state index in [2.05, 4.69) is 243 Å². The quantitative estimate of drug-likeness (QED) is 0.129. The maximum Gasteiger partial charge on any atom is 0.0715 e. The molecule has 0 N–H and O–H groups in total.